The number of non-ortho nitro benzene ring substituents is 1. The van der Waals surface area contributed by atoms with E-state index in [9.17, 15) is 29.3 Å². The summed E-state index contributed by atoms with van der Waals surface area (Å²) in [6, 6.07) is 14.3. The normalized spacial score (nSPS) is 18.6. The van der Waals surface area contributed by atoms with Crippen molar-refractivity contribution in [3.05, 3.63) is 98.0 Å². The quantitative estimate of drug-likeness (QED) is 0.187. The van der Waals surface area contributed by atoms with Gasteiger partial charge < -0.3 is 19.7 Å². The molecule has 1 fully saturated rings. The maximum atomic E-state index is 13.2. The lowest BCUT2D eigenvalue weighted by Gasteiger charge is -2.45. The van der Waals surface area contributed by atoms with Crippen LogP contribution in [0.2, 0.25) is 0 Å². The molecule has 11 nitrogen and oxygen atoms in total. The zero-order valence-corrected chi connectivity index (χ0v) is 22.6. The molecule has 208 valence electrons. The first-order valence-corrected chi connectivity index (χ1v) is 13.3. The molecule has 2 heterocycles. The summed E-state index contributed by atoms with van der Waals surface area (Å²) in [5.74, 6) is -2.42. The molecular weight excluding hydrogens is 538 g/mol. The second-order valence-electron chi connectivity index (χ2n) is 9.26. The summed E-state index contributed by atoms with van der Waals surface area (Å²) >= 11 is 1.18. The largest absolute Gasteiger partial charge is 0.461 e. The van der Waals surface area contributed by atoms with Crippen LogP contribution < -0.4 is 5.32 Å². The van der Waals surface area contributed by atoms with Gasteiger partial charge in [-0.25, -0.2) is 4.79 Å². The topological polar surface area (TPSA) is 145 Å². The van der Waals surface area contributed by atoms with Crippen LogP contribution in [0.3, 0.4) is 0 Å². The van der Waals surface area contributed by atoms with Crippen molar-refractivity contribution in [1.82, 2.24) is 10.2 Å². The van der Waals surface area contributed by atoms with E-state index in [-0.39, 0.29) is 36.2 Å². The lowest BCUT2D eigenvalue weighted by Crippen LogP contribution is -2.62. The number of nitrogens with zero attached hydrogens (tertiary/aromatic N) is 2. The highest BCUT2D eigenvalue weighted by Crippen LogP contribution is 2.48. The Morgan fingerprint density at radius 3 is 2.50 bits per heavy atom. The lowest BCUT2D eigenvalue weighted by molar-refractivity contribution is -0.384. The fraction of sp³-hybridized carbons (Fsp3) is 0.286. The SMILES string of the molecule is CC(=O)NC=CSC1=C(C(=O)OCc2ccc([N+](=O)[O-])cc2)N2C(=O)[C@H]([C@H](C)OC(=O)Cc3ccccc3)[C@H]2C1. The van der Waals surface area contributed by atoms with Crippen molar-refractivity contribution in [1.29, 1.82) is 0 Å². The second kappa shape index (κ2) is 12.6. The van der Waals surface area contributed by atoms with E-state index in [1.807, 2.05) is 30.3 Å². The fourth-order valence-corrected chi connectivity index (χ4v) is 5.46. The summed E-state index contributed by atoms with van der Waals surface area (Å²) in [5.41, 5.74) is 1.34. The lowest BCUT2D eigenvalue weighted by atomic mass is 9.83. The first-order valence-electron chi connectivity index (χ1n) is 12.4. The van der Waals surface area contributed by atoms with Gasteiger partial charge in [0.1, 0.15) is 18.4 Å². The third-order valence-electron chi connectivity index (χ3n) is 6.46. The smallest absolute Gasteiger partial charge is 0.356 e. The Kier molecular flexibility index (Phi) is 9.00. The number of esters is 2. The van der Waals surface area contributed by atoms with E-state index in [1.54, 1.807) is 12.3 Å². The first-order chi connectivity index (χ1) is 19.2. The van der Waals surface area contributed by atoms with Gasteiger partial charge in [-0.3, -0.25) is 24.5 Å². The number of hydrogen-bond donors (Lipinski definition) is 1. The van der Waals surface area contributed by atoms with Gasteiger partial charge >= 0.3 is 11.9 Å². The average Bonchev–Trinajstić information content (AvgIpc) is 3.24. The molecular formula is C28H27N3O8S. The van der Waals surface area contributed by atoms with Gasteiger partial charge in [0.05, 0.1) is 23.3 Å². The minimum Gasteiger partial charge on any atom is -0.461 e. The molecule has 0 aliphatic carbocycles. The van der Waals surface area contributed by atoms with Gasteiger partial charge in [0.2, 0.25) is 11.8 Å². The number of thioether (sulfide) groups is 1. The number of nitrogens with one attached hydrogen (secondary N) is 1. The number of nitro benzene ring substituents is 1. The highest BCUT2D eigenvalue weighted by molar-refractivity contribution is 8.05. The van der Waals surface area contributed by atoms with Crippen LogP contribution in [0.5, 0.6) is 0 Å². The zero-order chi connectivity index (χ0) is 28.8. The predicted octanol–water partition coefficient (Wildman–Crippen LogP) is 3.60. The average molecular weight is 566 g/mol. The summed E-state index contributed by atoms with van der Waals surface area (Å²) in [4.78, 5) is 62.4. The Labute approximate surface area is 234 Å². The van der Waals surface area contributed by atoms with Crippen LogP contribution in [0, 0.1) is 16.0 Å². The Morgan fingerprint density at radius 2 is 1.85 bits per heavy atom. The summed E-state index contributed by atoms with van der Waals surface area (Å²) < 4.78 is 11.0. The molecule has 4 rings (SSSR count). The van der Waals surface area contributed by atoms with Crippen molar-refractivity contribution in [2.75, 3.05) is 0 Å². The van der Waals surface area contributed by atoms with E-state index < -0.39 is 34.9 Å². The van der Waals surface area contributed by atoms with Crippen molar-refractivity contribution in [2.24, 2.45) is 5.92 Å². The molecule has 2 amide bonds. The van der Waals surface area contributed by atoms with Crippen LogP contribution in [0.4, 0.5) is 5.69 Å². The number of carbonyl (C=O) groups is 4. The minimum atomic E-state index is -0.725. The highest BCUT2D eigenvalue weighted by Gasteiger charge is 2.58. The number of nitro groups is 1. The zero-order valence-electron chi connectivity index (χ0n) is 21.8. The van der Waals surface area contributed by atoms with Crippen LogP contribution in [-0.2, 0) is 41.7 Å². The van der Waals surface area contributed by atoms with Crippen LogP contribution in [0.1, 0.15) is 31.4 Å². The van der Waals surface area contributed by atoms with Crippen molar-refractivity contribution in [3.63, 3.8) is 0 Å². The predicted molar refractivity (Wildman–Crippen MR) is 145 cm³/mol. The number of carbonyl (C=O) groups excluding carboxylic acids is 4. The molecule has 12 heteroatoms. The van der Waals surface area contributed by atoms with Crippen LogP contribution in [0.15, 0.2) is 76.8 Å². The molecule has 0 aromatic heterocycles. The van der Waals surface area contributed by atoms with Crippen molar-refractivity contribution >= 4 is 41.2 Å². The Balaban J connectivity index is 1.44. The van der Waals surface area contributed by atoms with Crippen LogP contribution in [0.25, 0.3) is 0 Å². The number of rotatable bonds is 11. The van der Waals surface area contributed by atoms with E-state index in [0.717, 1.165) is 5.56 Å². The van der Waals surface area contributed by atoms with E-state index in [1.165, 1.54) is 54.1 Å². The molecule has 2 aromatic carbocycles. The minimum absolute atomic E-state index is 0.0774. The summed E-state index contributed by atoms with van der Waals surface area (Å²) in [6.07, 6.45) is 1.15. The summed E-state index contributed by atoms with van der Waals surface area (Å²) in [5, 5.41) is 15.0. The standard InChI is InChI=1S/C28H27N3O8S/c1-17(39-24(33)14-19-6-4-3-5-7-19)25-22-15-23(40-13-12-29-18(2)32)26(30(22)27(25)34)28(35)38-16-20-8-10-21(11-9-20)31(36)37/h3-13,17,22,25H,14-16H2,1-2H3,(H,29,32)/t17-,22+,25+/m0/s1. The Hall–Kier alpha value is -4.45. The molecule has 1 saturated heterocycles. The maximum Gasteiger partial charge on any atom is 0.356 e. The molecule has 0 spiro atoms. The number of fused-ring (bicyclic) bond motifs is 1. The molecule has 1 N–H and O–H groups in total. The number of β-lactam (4-membered cyclic amide) rings is 1. The van der Waals surface area contributed by atoms with Gasteiger partial charge in [0, 0.05) is 36.6 Å². The van der Waals surface area contributed by atoms with E-state index in [2.05, 4.69) is 5.32 Å². The second-order valence-corrected chi connectivity index (χ2v) is 10.3. The fourth-order valence-electron chi connectivity index (χ4n) is 4.60. The number of ether oxygens (including phenoxy) is 2. The molecule has 0 unspecified atom stereocenters. The summed E-state index contributed by atoms with van der Waals surface area (Å²) in [7, 11) is 0. The van der Waals surface area contributed by atoms with Gasteiger partial charge in [-0.1, -0.05) is 42.1 Å². The third-order valence-corrected chi connectivity index (χ3v) is 7.37. The molecule has 2 aliphatic rings. The maximum absolute atomic E-state index is 13.2. The van der Waals surface area contributed by atoms with E-state index in [4.69, 9.17) is 9.47 Å². The summed E-state index contributed by atoms with van der Waals surface area (Å²) in [6.45, 7) is 2.88. The van der Waals surface area contributed by atoms with Crippen molar-refractivity contribution in [3.8, 4) is 0 Å². The molecule has 0 radical (unpaired) electrons. The van der Waals surface area contributed by atoms with Gasteiger partial charge in [-0.2, -0.15) is 0 Å². The molecule has 2 aliphatic heterocycles. The van der Waals surface area contributed by atoms with Gasteiger partial charge in [-0.05, 0) is 35.6 Å². The van der Waals surface area contributed by atoms with Crippen molar-refractivity contribution < 1.29 is 33.6 Å². The highest BCUT2D eigenvalue weighted by atomic mass is 32.2. The Morgan fingerprint density at radius 1 is 1.15 bits per heavy atom. The Bertz CT molecular complexity index is 1370. The van der Waals surface area contributed by atoms with Gasteiger partial charge in [-0.15, -0.1) is 0 Å². The number of benzene rings is 2. The molecule has 0 saturated carbocycles. The van der Waals surface area contributed by atoms with Crippen LogP contribution in [-0.4, -0.2) is 45.7 Å². The molecule has 3 atom stereocenters. The van der Waals surface area contributed by atoms with Gasteiger partial charge in [0.25, 0.3) is 5.69 Å². The monoisotopic (exact) mass is 565 g/mol. The van der Waals surface area contributed by atoms with E-state index >= 15 is 0 Å². The van der Waals surface area contributed by atoms with Crippen LogP contribution >= 0.6 is 11.8 Å². The first kappa shape index (κ1) is 28.6. The molecule has 0 bridgehead atoms. The third kappa shape index (κ3) is 6.57. The molecule has 40 heavy (non-hydrogen) atoms. The molecule has 2 aromatic rings. The number of hydrogen-bond acceptors (Lipinski definition) is 9. The van der Waals surface area contributed by atoms with Gasteiger partial charge in [0.15, 0.2) is 0 Å². The van der Waals surface area contributed by atoms with E-state index in [0.29, 0.717) is 16.9 Å². The van der Waals surface area contributed by atoms with Crippen molar-refractivity contribution in [2.45, 2.75) is 45.4 Å². The number of amides is 2.